The molecule has 34 heavy (non-hydrogen) atoms. The summed E-state index contributed by atoms with van der Waals surface area (Å²) in [5.41, 5.74) is 5.92. The van der Waals surface area contributed by atoms with Crippen molar-refractivity contribution in [3.63, 3.8) is 0 Å². The third-order valence-electron chi connectivity index (χ3n) is 6.24. The number of carbonyl (C=O) groups is 1. The summed E-state index contributed by atoms with van der Waals surface area (Å²) in [5.74, 6) is 0.758. The van der Waals surface area contributed by atoms with Gasteiger partial charge in [-0.2, -0.15) is 5.10 Å². The number of phenolic OH excluding ortho intramolecular Hbond substituents is 1. The van der Waals surface area contributed by atoms with Crippen LogP contribution in [-0.4, -0.2) is 33.2 Å². The molecule has 0 saturated heterocycles. The summed E-state index contributed by atoms with van der Waals surface area (Å²) in [7, 11) is 1.62. The zero-order chi connectivity index (χ0) is 24.0. The number of ether oxygens (including phenoxy) is 1. The van der Waals surface area contributed by atoms with Gasteiger partial charge in [0.25, 0.3) is 5.91 Å². The number of phenols is 1. The van der Waals surface area contributed by atoms with Crippen LogP contribution in [-0.2, 0) is 6.54 Å². The van der Waals surface area contributed by atoms with E-state index in [-0.39, 0.29) is 11.7 Å². The Balaban J connectivity index is 1.66. The number of hydrogen-bond acceptors (Lipinski definition) is 4. The smallest absolute Gasteiger partial charge is 0.273 e. The second-order valence-corrected chi connectivity index (χ2v) is 9.01. The fraction of sp³-hybridized carbons (Fsp3) is 0.185. The molecule has 7 heteroatoms. The van der Waals surface area contributed by atoms with Crippen LogP contribution < -0.4 is 4.74 Å². The van der Waals surface area contributed by atoms with Gasteiger partial charge in [0.15, 0.2) is 0 Å². The van der Waals surface area contributed by atoms with Crippen molar-refractivity contribution in [3.05, 3.63) is 99.2 Å². The quantitative estimate of drug-likeness (QED) is 0.383. The fourth-order valence-electron chi connectivity index (χ4n) is 4.66. The van der Waals surface area contributed by atoms with E-state index < -0.39 is 6.04 Å². The van der Waals surface area contributed by atoms with Crippen LogP contribution in [0.25, 0.3) is 11.3 Å². The zero-order valence-corrected chi connectivity index (χ0v) is 19.8. The number of carbonyl (C=O) groups excluding carboxylic acids is 1. The predicted octanol–water partition coefficient (Wildman–Crippen LogP) is 5.81. The average Bonchev–Trinajstić information content (AvgIpc) is 3.36. The van der Waals surface area contributed by atoms with Gasteiger partial charge >= 0.3 is 0 Å². The minimum Gasteiger partial charge on any atom is -0.507 e. The molecule has 1 aliphatic heterocycles. The second-order valence-electron chi connectivity index (χ2n) is 8.58. The van der Waals surface area contributed by atoms with E-state index in [0.29, 0.717) is 28.5 Å². The molecule has 2 N–H and O–H groups in total. The van der Waals surface area contributed by atoms with Crippen LogP contribution in [0, 0.1) is 13.8 Å². The number of H-pyrrole nitrogens is 1. The highest BCUT2D eigenvalue weighted by molar-refractivity contribution is 6.30. The van der Waals surface area contributed by atoms with E-state index in [1.54, 1.807) is 12.0 Å². The molecule has 5 rings (SSSR count). The number of aromatic amines is 1. The molecule has 1 atom stereocenters. The molecule has 0 bridgehead atoms. The number of methoxy groups -OCH3 is 1. The molecule has 1 aromatic heterocycles. The van der Waals surface area contributed by atoms with Crippen LogP contribution in [0.4, 0.5) is 0 Å². The van der Waals surface area contributed by atoms with Gasteiger partial charge in [0.05, 0.1) is 13.2 Å². The third-order valence-corrected chi connectivity index (χ3v) is 6.48. The Hall–Kier alpha value is -3.77. The number of rotatable bonds is 5. The maximum Gasteiger partial charge on any atom is 0.273 e. The van der Waals surface area contributed by atoms with Crippen molar-refractivity contribution in [2.75, 3.05) is 7.11 Å². The number of halogens is 1. The summed E-state index contributed by atoms with van der Waals surface area (Å²) < 4.78 is 5.27. The first-order chi connectivity index (χ1) is 16.4. The Morgan fingerprint density at radius 3 is 2.59 bits per heavy atom. The predicted molar refractivity (Wildman–Crippen MR) is 131 cm³/mol. The van der Waals surface area contributed by atoms with E-state index in [0.717, 1.165) is 33.6 Å². The minimum atomic E-state index is -0.419. The van der Waals surface area contributed by atoms with Crippen molar-refractivity contribution in [2.45, 2.75) is 26.4 Å². The largest absolute Gasteiger partial charge is 0.507 e. The molecule has 4 aromatic rings. The first-order valence-electron chi connectivity index (χ1n) is 11.0. The lowest BCUT2D eigenvalue weighted by Gasteiger charge is -2.27. The standard InChI is InChI=1S/C27H24ClN3O3/c1-15-11-16(2)26(32)21(12-15)23-22-24(30-29-23)27(33)31(14-17-7-9-20(34-3)10-8-17)25(22)18-5-4-6-19(28)13-18/h4-13,25,32H,14H2,1-3H3,(H,29,30). The summed E-state index contributed by atoms with van der Waals surface area (Å²) in [6.45, 7) is 4.22. The minimum absolute atomic E-state index is 0.154. The Kier molecular flexibility index (Phi) is 5.54. The normalized spacial score (nSPS) is 15.0. The first kappa shape index (κ1) is 22.0. The molecular formula is C27H24ClN3O3. The van der Waals surface area contributed by atoms with Gasteiger partial charge in [-0.05, 0) is 66.4 Å². The number of benzene rings is 3. The molecular weight excluding hydrogens is 450 g/mol. The Labute approximate surface area is 202 Å². The Morgan fingerprint density at radius 2 is 1.88 bits per heavy atom. The molecule has 0 aliphatic carbocycles. The topological polar surface area (TPSA) is 78.5 Å². The highest BCUT2D eigenvalue weighted by Crippen LogP contribution is 2.46. The maximum atomic E-state index is 13.6. The number of aromatic nitrogens is 2. The summed E-state index contributed by atoms with van der Waals surface area (Å²) >= 11 is 6.34. The summed E-state index contributed by atoms with van der Waals surface area (Å²) in [5, 5.41) is 18.9. The van der Waals surface area contributed by atoms with Crippen LogP contribution in [0.5, 0.6) is 11.5 Å². The van der Waals surface area contributed by atoms with E-state index in [1.165, 1.54) is 0 Å². The molecule has 0 spiro atoms. The molecule has 1 unspecified atom stereocenters. The fourth-order valence-corrected chi connectivity index (χ4v) is 4.86. The van der Waals surface area contributed by atoms with E-state index >= 15 is 0 Å². The number of nitrogens with zero attached hydrogens (tertiary/aromatic N) is 2. The van der Waals surface area contributed by atoms with Gasteiger partial charge in [0, 0.05) is 22.7 Å². The van der Waals surface area contributed by atoms with Crippen molar-refractivity contribution in [1.29, 1.82) is 0 Å². The van der Waals surface area contributed by atoms with Gasteiger partial charge in [-0.3, -0.25) is 9.89 Å². The molecule has 0 saturated carbocycles. The molecule has 172 valence electrons. The lowest BCUT2D eigenvalue weighted by molar-refractivity contribution is 0.0730. The van der Waals surface area contributed by atoms with Crippen LogP contribution in [0.3, 0.4) is 0 Å². The summed E-state index contributed by atoms with van der Waals surface area (Å²) in [6, 6.07) is 18.6. The number of amides is 1. The van der Waals surface area contributed by atoms with E-state index in [9.17, 15) is 9.90 Å². The number of fused-ring (bicyclic) bond motifs is 1. The van der Waals surface area contributed by atoms with Gasteiger partial charge in [-0.15, -0.1) is 0 Å². The van der Waals surface area contributed by atoms with Gasteiger partial charge in [0.1, 0.15) is 22.9 Å². The maximum absolute atomic E-state index is 13.6. The van der Waals surface area contributed by atoms with E-state index in [2.05, 4.69) is 10.2 Å². The molecule has 3 aromatic carbocycles. The zero-order valence-electron chi connectivity index (χ0n) is 19.1. The van der Waals surface area contributed by atoms with Gasteiger partial charge in [0.2, 0.25) is 0 Å². The van der Waals surface area contributed by atoms with Gasteiger partial charge in [-0.1, -0.05) is 41.9 Å². The number of aryl methyl sites for hydroxylation is 2. The third kappa shape index (κ3) is 3.70. The molecule has 0 fully saturated rings. The highest BCUT2D eigenvalue weighted by Gasteiger charge is 2.42. The monoisotopic (exact) mass is 473 g/mol. The van der Waals surface area contributed by atoms with Gasteiger partial charge < -0.3 is 14.7 Å². The summed E-state index contributed by atoms with van der Waals surface area (Å²) in [4.78, 5) is 15.4. The molecule has 1 amide bonds. The number of nitrogens with one attached hydrogen (secondary N) is 1. The first-order valence-corrected chi connectivity index (χ1v) is 11.3. The van der Waals surface area contributed by atoms with Crippen molar-refractivity contribution in [1.82, 2.24) is 15.1 Å². The molecule has 2 heterocycles. The molecule has 6 nitrogen and oxygen atoms in total. The van der Waals surface area contributed by atoms with Crippen molar-refractivity contribution >= 4 is 17.5 Å². The Morgan fingerprint density at radius 1 is 1.12 bits per heavy atom. The SMILES string of the molecule is COc1ccc(CN2C(=O)c3[nH]nc(-c4cc(C)cc(C)c4O)c3C2c2cccc(Cl)c2)cc1. The molecule has 0 radical (unpaired) electrons. The van der Waals surface area contributed by atoms with E-state index in [4.69, 9.17) is 16.3 Å². The summed E-state index contributed by atoms with van der Waals surface area (Å²) in [6.07, 6.45) is 0. The van der Waals surface area contributed by atoms with Gasteiger partial charge in [-0.25, -0.2) is 0 Å². The average molecular weight is 474 g/mol. The number of hydrogen-bond donors (Lipinski definition) is 2. The van der Waals surface area contributed by atoms with Crippen molar-refractivity contribution < 1.29 is 14.6 Å². The van der Waals surface area contributed by atoms with E-state index in [1.807, 2.05) is 74.5 Å². The van der Waals surface area contributed by atoms with Crippen LogP contribution in [0.2, 0.25) is 5.02 Å². The highest BCUT2D eigenvalue weighted by atomic mass is 35.5. The lowest BCUT2D eigenvalue weighted by Crippen LogP contribution is -2.29. The Bertz CT molecular complexity index is 1400. The van der Waals surface area contributed by atoms with Crippen LogP contribution in [0.15, 0.2) is 60.7 Å². The van der Waals surface area contributed by atoms with Crippen LogP contribution in [0.1, 0.15) is 44.3 Å². The lowest BCUT2D eigenvalue weighted by atomic mass is 9.94. The second kappa shape index (κ2) is 8.54. The molecule has 1 aliphatic rings. The van der Waals surface area contributed by atoms with Crippen molar-refractivity contribution in [2.24, 2.45) is 0 Å². The van der Waals surface area contributed by atoms with Crippen LogP contribution >= 0.6 is 11.6 Å². The number of aromatic hydroxyl groups is 1. The van der Waals surface area contributed by atoms with Crippen molar-refractivity contribution in [3.8, 4) is 22.8 Å².